The Morgan fingerprint density at radius 3 is 2.63 bits per heavy atom. The quantitative estimate of drug-likeness (QED) is 0.830. The maximum atomic E-state index is 13.0. The molecular weight excluding hydrogens is 340 g/mol. The first-order valence-corrected chi connectivity index (χ1v) is 9.89. The summed E-state index contributed by atoms with van der Waals surface area (Å²) in [5, 5.41) is 3.92. The van der Waals surface area contributed by atoms with Gasteiger partial charge in [0.15, 0.2) is 5.82 Å². The van der Waals surface area contributed by atoms with Crippen LogP contribution in [-0.4, -0.2) is 52.0 Å². The molecule has 0 N–H and O–H groups in total. The molecule has 0 radical (unpaired) electrons. The van der Waals surface area contributed by atoms with Gasteiger partial charge in [-0.15, -0.1) is 0 Å². The number of amides is 1. The van der Waals surface area contributed by atoms with Gasteiger partial charge in [-0.1, -0.05) is 42.4 Å². The van der Waals surface area contributed by atoms with Crippen molar-refractivity contribution in [3.63, 3.8) is 0 Å². The third-order valence-electron chi connectivity index (χ3n) is 6.09. The van der Waals surface area contributed by atoms with Crippen LogP contribution in [0, 0.1) is 12.8 Å². The number of likely N-dealkylation sites (tertiary alicyclic amines) is 2. The highest BCUT2D eigenvalue weighted by atomic mass is 16.5. The lowest BCUT2D eigenvalue weighted by atomic mass is 9.80. The highest BCUT2D eigenvalue weighted by Gasteiger charge is 2.40. The summed E-state index contributed by atoms with van der Waals surface area (Å²) in [5.74, 6) is 1.83. The number of rotatable bonds is 4. The highest BCUT2D eigenvalue weighted by molar-refractivity contribution is 5.79. The van der Waals surface area contributed by atoms with E-state index in [0.29, 0.717) is 17.6 Å². The van der Waals surface area contributed by atoms with Gasteiger partial charge >= 0.3 is 0 Å². The maximum Gasteiger partial charge on any atom is 0.232 e. The number of carbonyl (C=O) groups excluding carboxylic acids is 1. The number of carbonyl (C=O) groups is 1. The molecule has 3 heterocycles. The molecule has 2 fully saturated rings. The second-order valence-electron chi connectivity index (χ2n) is 8.24. The second kappa shape index (κ2) is 7.43. The molecule has 1 unspecified atom stereocenters. The molecule has 1 amide bonds. The summed E-state index contributed by atoms with van der Waals surface area (Å²) in [6.45, 7) is 8.34. The molecule has 2 aliphatic rings. The van der Waals surface area contributed by atoms with Crippen LogP contribution in [0.4, 0.5) is 0 Å². The van der Waals surface area contributed by atoms with E-state index in [1.165, 1.54) is 5.56 Å². The van der Waals surface area contributed by atoms with Crippen molar-refractivity contribution < 1.29 is 9.32 Å². The van der Waals surface area contributed by atoms with Gasteiger partial charge in [0.05, 0.1) is 11.3 Å². The van der Waals surface area contributed by atoms with Crippen LogP contribution in [-0.2, 0) is 16.8 Å². The summed E-state index contributed by atoms with van der Waals surface area (Å²) in [4.78, 5) is 21.9. The number of aromatic nitrogens is 2. The molecule has 27 heavy (non-hydrogen) atoms. The number of hydrogen-bond acceptors (Lipinski definition) is 5. The molecule has 0 saturated carbocycles. The van der Waals surface area contributed by atoms with Crippen molar-refractivity contribution in [2.24, 2.45) is 5.92 Å². The van der Waals surface area contributed by atoms with E-state index in [0.717, 1.165) is 52.0 Å². The van der Waals surface area contributed by atoms with E-state index in [-0.39, 0.29) is 11.3 Å². The van der Waals surface area contributed by atoms with Gasteiger partial charge in [0, 0.05) is 26.2 Å². The average Bonchev–Trinajstić information content (AvgIpc) is 3.32. The monoisotopic (exact) mass is 368 g/mol. The first-order valence-electron chi connectivity index (χ1n) is 9.89. The van der Waals surface area contributed by atoms with Crippen molar-refractivity contribution in [1.82, 2.24) is 19.9 Å². The van der Waals surface area contributed by atoms with Gasteiger partial charge in [-0.05, 0) is 38.3 Å². The summed E-state index contributed by atoms with van der Waals surface area (Å²) in [5.41, 5.74) is 1.20. The van der Waals surface area contributed by atoms with E-state index in [4.69, 9.17) is 4.52 Å². The maximum absolute atomic E-state index is 13.0. The number of aryl methyl sites for hydroxylation is 1. The van der Waals surface area contributed by atoms with Crippen LogP contribution >= 0.6 is 0 Å². The lowest BCUT2D eigenvalue weighted by molar-refractivity contribution is -0.136. The van der Waals surface area contributed by atoms with Gasteiger partial charge in [0.25, 0.3) is 0 Å². The lowest BCUT2D eigenvalue weighted by Crippen LogP contribution is -2.46. The molecular formula is C21H28N4O2. The smallest absolute Gasteiger partial charge is 0.232 e. The Kier molecular flexibility index (Phi) is 5.00. The summed E-state index contributed by atoms with van der Waals surface area (Å²) >= 11 is 0. The number of nitrogens with zero attached hydrogens (tertiary/aromatic N) is 4. The fraction of sp³-hybridized carbons (Fsp3) is 0.571. The van der Waals surface area contributed by atoms with Gasteiger partial charge in [-0.25, -0.2) is 0 Å². The van der Waals surface area contributed by atoms with E-state index >= 15 is 0 Å². The minimum absolute atomic E-state index is 0.118. The molecule has 2 aliphatic heterocycles. The Bertz CT molecular complexity index is 780. The molecule has 0 spiro atoms. The van der Waals surface area contributed by atoms with Crippen LogP contribution in [0.2, 0.25) is 0 Å². The van der Waals surface area contributed by atoms with Gasteiger partial charge < -0.3 is 9.42 Å². The van der Waals surface area contributed by atoms with Crippen LogP contribution in [0.5, 0.6) is 0 Å². The number of benzene rings is 1. The molecule has 2 aromatic rings. The molecule has 6 heteroatoms. The topological polar surface area (TPSA) is 62.5 Å². The normalized spacial score (nSPS) is 22.9. The molecule has 1 aromatic carbocycles. The molecule has 2 saturated heterocycles. The Morgan fingerprint density at radius 2 is 1.96 bits per heavy atom. The summed E-state index contributed by atoms with van der Waals surface area (Å²) in [6.07, 6.45) is 2.71. The fourth-order valence-corrected chi connectivity index (χ4v) is 4.25. The molecule has 6 nitrogen and oxygen atoms in total. The Labute approximate surface area is 160 Å². The largest absolute Gasteiger partial charge is 0.342 e. The van der Waals surface area contributed by atoms with Crippen LogP contribution in [0.25, 0.3) is 0 Å². The summed E-state index contributed by atoms with van der Waals surface area (Å²) in [7, 11) is 0. The van der Waals surface area contributed by atoms with E-state index in [9.17, 15) is 4.79 Å². The first kappa shape index (κ1) is 18.2. The third kappa shape index (κ3) is 3.90. The van der Waals surface area contributed by atoms with Crippen molar-refractivity contribution in [1.29, 1.82) is 0 Å². The van der Waals surface area contributed by atoms with E-state index in [2.05, 4.69) is 46.2 Å². The van der Waals surface area contributed by atoms with Crippen LogP contribution < -0.4 is 0 Å². The van der Waals surface area contributed by atoms with Gasteiger partial charge in [-0.3, -0.25) is 9.69 Å². The lowest BCUT2D eigenvalue weighted by Gasteiger charge is -2.38. The minimum atomic E-state index is -0.118. The summed E-state index contributed by atoms with van der Waals surface area (Å²) in [6, 6.07) is 10.5. The van der Waals surface area contributed by atoms with Crippen molar-refractivity contribution in [3.05, 3.63) is 47.6 Å². The Morgan fingerprint density at radius 1 is 1.22 bits per heavy atom. The summed E-state index contributed by atoms with van der Waals surface area (Å²) < 4.78 is 5.40. The van der Waals surface area contributed by atoms with E-state index in [1.807, 2.05) is 17.9 Å². The van der Waals surface area contributed by atoms with Crippen LogP contribution in [0.15, 0.2) is 34.9 Å². The molecule has 4 rings (SSSR count). The standard InChI is InChI=1S/C21H28N4O2/c1-16-22-20(27-23-16)21(2)9-12-25(13-10-21)19(26)18-8-11-24(15-18)14-17-6-4-3-5-7-17/h3-7,18H,8-15H2,1-2H3. The SMILES string of the molecule is Cc1noc(C2(C)CCN(C(=O)C3CCN(Cc4ccccc4)C3)CC2)n1. The van der Waals surface area contributed by atoms with Crippen molar-refractivity contribution in [2.75, 3.05) is 26.2 Å². The highest BCUT2D eigenvalue weighted by Crippen LogP contribution is 2.35. The zero-order valence-corrected chi connectivity index (χ0v) is 16.2. The average molecular weight is 368 g/mol. The van der Waals surface area contributed by atoms with Crippen molar-refractivity contribution >= 4 is 5.91 Å². The predicted octanol–water partition coefficient (Wildman–Crippen LogP) is 2.78. The second-order valence-corrected chi connectivity index (χ2v) is 8.24. The van der Waals surface area contributed by atoms with Gasteiger partial charge in [-0.2, -0.15) is 4.98 Å². The minimum Gasteiger partial charge on any atom is -0.342 e. The van der Waals surface area contributed by atoms with E-state index < -0.39 is 0 Å². The van der Waals surface area contributed by atoms with Crippen LogP contribution in [0.3, 0.4) is 0 Å². The Balaban J connectivity index is 1.31. The zero-order chi connectivity index (χ0) is 18.9. The van der Waals surface area contributed by atoms with Crippen molar-refractivity contribution in [2.45, 2.75) is 45.1 Å². The first-order chi connectivity index (χ1) is 13.0. The van der Waals surface area contributed by atoms with Gasteiger partial charge in [0.2, 0.25) is 11.8 Å². The fourth-order valence-electron chi connectivity index (χ4n) is 4.25. The molecule has 144 valence electrons. The molecule has 0 aliphatic carbocycles. The molecule has 1 aromatic heterocycles. The third-order valence-corrected chi connectivity index (χ3v) is 6.09. The molecule has 1 atom stereocenters. The molecule has 0 bridgehead atoms. The van der Waals surface area contributed by atoms with E-state index in [1.54, 1.807) is 0 Å². The number of piperidine rings is 1. The Hall–Kier alpha value is -2.21. The number of hydrogen-bond donors (Lipinski definition) is 0. The predicted molar refractivity (Wildman–Crippen MR) is 102 cm³/mol. The van der Waals surface area contributed by atoms with Crippen LogP contribution in [0.1, 0.15) is 43.5 Å². The van der Waals surface area contributed by atoms with Crippen molar-refractivity contribution in [3.8, 4) is 0 Å². The van der Waals surface area contributed by atoms with Gasteiger partial charge in [0.1, 0.15) is 0 Å². The zero-order valence-electron chi connectivity index (χ0n) is 16.2.